The molecule has 1 amide bonds. The number of hydrogen-bond acceptors (Lipinski definition) is 3. The average molecular weight is 281 g/mol. The number of nitrogens with one attached hydrogen (secondary N) is 2. The van der Waals surface area contributed by atoms with Gasteiger partial charge in [0.25, 0.3) is 5.91 Å². The van der Waals surface area contributed by atoms with Crippen molar-refractivity contribution in [1.82, 2.24) is 15.2 Å². The molecule has 0 saturated heterocycles. The van der Waals surface area contributed by atoms with Crippen LogP contribution in [0.3, 0.4) is 0 Å². The fraction of sp³-hybridized carbons (Fsp3) is 0.250. The van der Waals surface area contributed by atoms with E-state index >= 15 is 0 Å². The van der Waals surface area contributed by atoms with E-state index in [4.69, 9.17) is 11.6 Å². The molecule has 1 aliphatic rings. The number of benzene rings is 1. The molecule has 5 nitrogen and oxygen atoms in total. The Morgan fingerprint density at radius 2 is 2.26 bits per heavy atom. The maximum atomic E-state index is 13.5. The second kappa shape index (κ2) is 4.62. The van der Waals surface area contributed by atoms with Crippen molar-refractivity contribution in [3.63, 3.8) is 0 Å². The second-order valence-corrected chi connectivity index (χ2v) is 4.78. The van der Waals surface area contributed by atoms with E-state index in [9.17, 15) is 9.18 Å². The minimum absolute atomic E-state index is 0.0128. The lowest BCUT2D eigenvalue weighted by molar-refractivity contribution is 0.101. The Balaban J connectivity index is 1.80. The van der Waals surface area contributed by atoms with Crippen LogP contribution in [0.25, 0.3) is 0 Å². The van der Waals surface area contributed by atoms with Crippen LogP contribution in [-0.2, 0) is 0 Å². The number of H-pyrrole nitrogens is 1. The third-order valence-electron chi connectivity index (χ3n) is 2.87. The van der Waals surface area contributed by atoms with Gasteiger partial charge < -0.3 is 5.32 Å². The molecule has 98 valence electrons. The number of nitrogens with zero attached hydrogens (tertiary/aromatic N) is 2. The highest BCUT2D eigenvalue weighted by Gasteiger charge is 2.28. The van der Waals surface area contributed by atoms with Gasteiger partial charge in [-0.3, -0.25) is 9.89 Å². The average Bonchev–Trinajstić information content (AvgIpc) is 3.12. The van der Waals surface area contributed by atoms with Gasteiger partial charge in [-0.1, -0.05) is 17.7 Å². The van der Waals surface area contributed by atoms with Gasteiger partial charge in [-0.15, -0.1) is 5.10 Å². The van der Waals surface area contributed by atoms with Gasteiger partial charge in [-0.25, -0.2) is 9.37 Å². The zero-order chi connectivity index (χ0) is 13.4. The lowest BCUT2D eigenvalue weighted by Crippen LogP contribution is -2.15. The molecule has 1 aliphatic carbocycles. The summed E-state index contributed by atoms with van der Waals surface area (Å²) in [7, 11) is 0. The predicted octanol–water partition coefficient (Wildman–Crippen LogP) is 2.73. The van der Waals surface area contributed by atoms with Gasteiger partial charge in [0.05, 0.1) is 10.7 Å². The number of hydrogen-bond donors (Lipinski definition) is 2. The molecule has 1 fully saturated rings. The van der Waals surface area contributed by atoms with Crippen LogP contribution in [0.15, 0.2) is 18.2 Å². The molecule has 0 bridgehead atoms. The first kappa shape index (κ1) is 12.1. The molecule has 1 aromatic carbocycles. The van der Waals surface area contributed by atoms with Gasteiger partial charge in [-0.2, -0.15) is 0 Å². The summed E-state index contributed by atoms with van der Waals surface area (Å²) < 4.78 is 13.5. The van der Waals surface area contributed by atoms with E-state index in [-0.39, 0.29) is 16.5 Å². The summed E-state index contributed by atoms with van der Waals surface area (Å²) in [5.74, 6) is -0.133. The zero-order valence-electron chi connectivity index (χ0n) is 9.78. The molecule has 3 rings (SSSR count). The highest BCUT2D eigenvalue weighted by atomic mass is 35.5. The Hall–Kier alpha value is -1.95. The van der Waals surface area contributed by atoms with Gasteiger partial charge in [0.1, 0.15) is 11.6 Å². The van der Waals surface area contributed by atoms with Crippen molar-refractivity contribution in [2.45, 2.75) is 18.8 Å². The molecule has 0 unspecified atom stereocenters. The third kappa shape index (κ3) is 2.44. The number of aromatic nitrogens is 3. The van der Waals surface area contributed by atoms with Crippen molar-refractivity contribution in [3.8, 4) is 0 Å². The van der Waals surface area contributed by atoms with Crippen LogP contribution < -0.4 is 5.32 Å². The third-order valence-corrected chi connectivity index (χ3v) is 3.19. The van der Waals surface area contributed by atoms with Gasteiger partial charge in [-0.05, 0) is 25.0 Å². The maximum Gasteiger partial charge on any atom is 0.295 e. The molecule has 0 spiro atoms. The molecule has 1 aromatic heterocycles. The van der Waals surface area contributed by atoms with Crippen LogP contribution in [-0.4, -0.2) is 21.1 Å². The summed E-state index contributed by atoms with van der Waals surface area (Å²) in [5.41, 5.74) is -0.0630. The van der Waals surface area contributed by atoms with Crippen LogP contribution in [0.4, 0.5) is 10.1 Å². The summed E-state index contributed by atoms with van der Waals surface area (Å²) >= 11 is 5.82. The zero-order valence-corrected chi connectivity index (χ0v) is 10.5. The lowest BCUT2D eigenvalue weighted by Gasteiger charge is -2.05. The molecule has 1 saturated carbocycles. The first-order chi connectivity index (χ1) is 9.15. The Bertz CT molecular complexity index is 618. The Morgan fingerprint density at radius 3 is 2.95 bits per heavy atom. The molecule has 2 N–H and O–H groups in total. The van der Waals surface area contributed by atoms with Crippen molar-refractivity contribution >= 4 is 23.2 Å². The number of para-hydroxylation sites is 1. The fourth-order valence-corrected chi connectivity index (χ4v) is 1.91. The SMILES string of the molecule is O=C(Nc1c(F)cccc1Cl)c1n[nH]c(C2CC2)n1. The lowest BCUT2D eigenvalue weighted by atomic mass is 10.3. The van der Waals surface area contributed by atoms with E-state index in [0.29, 0.717) is 11.7 Å². The minimum Gasteiger partial charge on any atom is -0.315 e. The van der Waals surface area contributed by atoms with Crippen molar-refractivity contribution in [1.29, 1.82) is 0 Å². The number of anilines is 1. The number of aromatic amines is 1. The summed E-state index contributed by atoms with van der Waals surface area (Å²) in [4.78, 5) is 16.0. The van der Waals surface area contributed by atoms with Crippen LogP contribution in [0.5, 0.6) is 0 Å². The Morgan fingerprint density at radius 1 is 1.47 bits per heavy atom. The van der Waals surface area contributed by atoms with Crippen molar-refractivity contribution in [2.24, 2.45) is 0 Å². The quantitative estimate of drug-likeness (QED) is 0.908. The molecule has 19 heavy (non-hydrogen) atoms. The monoisotopic (exact) mass is 280 g/mol. The topological polar surface area (TPSA) is 70.7 Å². The minimum atomic E-state index is -0.598. The molecule has 0 atom stereocenters. The normalized spacial score (nSPS) is 14.4. The molecule has 7 heteroatoms. The molecule has 2 aromatic rings. The van der Waals surface area contributed by atoms with Gasteiger partial charge in [0.2, 0.25) is 5.82 Å². The van der Waals surface area contributed by atoms with Gasteiger partial charge >= 0.3 is 0 Å². The molecule has 0 radical (unpaired) electrons. The summed E-state index contributed by atoms with van der Waals surface area (Å²) in [6.45, 7) is 0. The first-order valence-corrected chi connectivity index (χ1v) is 6.20. The Labute approximate surface area is 113 Å². The molecular weight excluding hydrogens is 271 g/mol. The second-order valence-electron chi connectivity index (χ2n) is 4.37. The highest BCUT2D eigenvalue weighted by Crippen LogP contribution is 2.37. The van der Waals surface area contributed by atoms with Crippen LogP contribution >= 0.6 is 11.6 Å². The predicted molar refractivity (Wildman–Crippen MR) is 67.7 cm³/mol. The number of halogens is 2. The maximum absolute atomic E-state index is 13.5. The van der Waals surface area contributed by atoms with E-state index in [1.807, 2.05) is 0 Å². The van der Waals surface area contributed by atoms with E-state index in [0.717, 1.165) is 12.8 Å². The molecule has 1 heterocycles. The largest absolute Gasteiger partial charge is 0.315 e. The van der Waals surface area contributed by atoms with Crippen molar-refractivity contribution < 1.29 is 9.18 Å². The Kier molecular flexibility index (Phi) is 2.94. The van der Waals surface area contributed by atoms with E-state index in [1.165, 1.54) is 18.2 Å². The number of rotatable bonds is 3. The van der Waals surface area contributed by atoms with E-state index in [1.54, 1.807) is 0 Å². The summed E-state index contributed by atoms with van der Waals surface area (Å²) in [5, 5.41) is 9.04. The number of amides is 1. The standard InChI is InChI=1S/C12H10ClFN4O/c13-7-2-1-3-8(14)9(7)15-12(19)11-16-10(17-18-11)6-4-5-6/h1-3,6H,4-5H2,(H,15,19)(H,16,17,18). The molecular formula is C12H10ClFN4O. The van der Waals surface area contributed by atoms with Crippen LogP contribution in [0.1, 0.15) is 35.2 Å². The smallest absolute Gasteiger partial charge is 0.295 e. The van der Waals surface area contributed by atoms with Crippen molar-refractivity contribution in [3.05, 3.63) is 40.7 Å². The van der Waals surface area contributed by atoms with Crippen LogP contribution in [0.2, 0.25) is 5.02 Å². The van der Waals surface area contributed by atoms with Gasteiger partial charge in [0.15, 0.2) is 0 Å². The highest BCUT2D eigenvalue weighted by molar-refractivity contribution is 6.33. The van der Waals surface area contributed by atoms with E-state index < -0.39 is 11.7 Å². The first-order valence-electron chi connectivity index (χ1n) is 5.83. The van der Waals surface area contributed by atoms with Crippen molar-refractivity contribution in [2.75, 3.05) is 5.32 Å². The number of carbonyl (C=O) groups excluding carboxylic acids is 1. The van der Waals surface area contributed by atoms with Crippen LogP contribution in [0, 0.1) is 5.82 Å². The number of carbonyl (C=O) groups is 1. The fourth-order valence-electron chi connectivity index (χ4n) is 1.70. The van der Waals surface area contributed by atoms with E-state index in [2.05, 4.69) is 20.5 Å². The molecule has 0 aliphatic heterocycles. The summed E-state index contributed by atoms with van der Waals surface area (Å²) in [6, 6.07) is 4.17. The van der Waals surface area contributed by atoms with Gasteiger partial charge in [0, 0.05) is 5.92 Å². The summed E-state index contributed by atoms with van der Waals surface area (Å²) in [6.07, 6.45) is 2.10.